The molecular formula is C27H26Cl2N2OS. The van der Waals surface area contributed by atoms with E-state index in [0.29, 0.717) is 22.6 Å². The zero-order valence-corrected chi connectivity index (χ0v) is 21.3. The van der Waals surface area contributed by atoms with Gasteiger partial charge in [-0.3, -0.25) is 0 Å². The molecule has 0 saturated carbocycles. The zero-order valence-electron chi connectivity index (χ0n) is 19.0. The number of rotatable bonds is 5. The fourth-order valence-corrected chi connectivity index (χ4v) is 5.70. The third-order valence-electron chi connectivity index (χ3n) is 6.20. The van der Waals surface area contributed by atoms with Crippen molar-refractivity contribution in [3.05, 3.63) is 79.6 Å². The largest absolute Gasteiger partial charge is 0.488 e. The standard InChI is InChI=1S/C27H26Cl2N2OS/c1-27(2,3)19-9-10-20-21(14-30)26(33-25(20)13-19)31-15-18-6-4-5-7-24(18)32-16-17-8-11-22(28)23(29)12-17/h4-8,11-12,15,19H,9-10,13,16H2,1-3H3/t19-/m1/s1. The van der Waals surface area contributed by atoms with Gasteiger partial charge in [-0.05, 0) is 66.0 Å². The fraction of sp³-hybridized carbons (Fsp3) is 0.333. The lowest BCUT2D eigenvalue weighted by atomic mass is 9.72. The molecule has 1 aromatic heterocycles. The van der Waals surface area contributed by atoms with Gasteiger partial charge >= 0.3 is 0 Å². The maximum atomic E-state index is 9.83. The molecule has 1 heterocycles. The summed E-state index contributed by atoms with van der Waals surface area (Å²) in [7, 11) is 0. The summed E-state index contributed by atoms with van der Waals surface area (Å²) in [6, 6.07) is 15.6. The van der Waals surface area contributed by atoms with Gasteiger partial charge < -0.3 is 4.74 Å². The van der Waals surface area contributed by atoms with E-state index in [1.807, 2.05) is 30.3 Å². The number of fused-ring (bicyclic) bond motifs is 1. The van der Waals surface area contributed by atoms with E-state index in [9.17, 15) is 5.26 Å². The molecule has 33 heavy (non-hydrogen) atoms. The molecule has 0 bridgehead atoms. The molecule has 3 nitrogen and oxygen atoms in total. The Hall–Kier alpha value is -2.32. The predicted molar refractivity (Wildman–Crippen MR) is 138 cm³/mol. The number of aliphatic imine (C=N–C) groups is 1. The van der Waals surface area contributed by atoms with E-state index in [2.05, 4.69) is 26.8 Å². The number of ether oxygens (including phenoxy) is 1. The second kappa shape index (κ2) is 9.89. The molecule has 170 valence electrons. The van der Waals surface area contributed by atoms with Gasteiger partial charge in [-0.15, -0.1) is 11.3 Å². The molecule has 0 spiro atoms. The van der Waals surface area contributed by atoms with Crippen LogP contribution in [0.1, 0.15) is 54.3 Å². The monoisotopic (exact) mass is 496 g/mol. The first-order valence-corrected chi connectivity index (χ1v) is 12.6. The van der Waals surface area contributed by atoms with Crippen molar-refractivity contribution >= 4 is 45.8 Å². The van der Waals surface area contributed by atoms with Crippen molar-refractivity contribution in [3.8, 4) is 11.8 Å². The zero-order chi connectivity index (χ0) is 23.6. The third kappa shape index (κ3) is 5.44. The Morgan fingerprint density at radius 1 is 1.18 bits per heavy atom. The second-order valence-electron chi connectivity index (χ2n) is 9.43. The lowest BCUT2D eigenvalue weighted by molar-refractivity contribution is 0.218. The van der Waals surface area contributed by atoms with Crippen LogP contribution in [0.15, 0.2) is 47.5 Å². The lowest BCUT2D eigenvalue weighted by Crippen LogP contribution is -2.26. The molecule has 6 heteroatoms. The van der Waals surface area contributed by atoms with Gasteiger partial charge in [0.2, 0.25) is 0 Å². The summed E-state index contributed by atoms with van der Waals surface area (Å²) in [6.07, 6.45) is 4.90. The summed E-state index contributed by atoms with van der Waals surface area (Å²) < 4.78 is 6.04. The molecule has 1 atom stereocenters. The van der Waals surface area contributed by atoms with E-state index in [1.54, 1.807) is 29.7 Å². The highest BCUT2D eigenvalue weighted by Crippen LogP contribution is 2.45. The Morgan fingerprint density at radius 2 is 1.97 bits per heavy atom. The van der Waals surface area contributed by atoms with Gasteiger partial charge in [0.25, 0.3) is 0 Å². The van der Waals surface area contributed by atoms with E-state index >= 15 is 0 Å². The van der Waals surface area contributed by atoms with Crippen LogP contribution in [0, 0.1) is 22.7 Å². The van der Waals surface area contributed by atoms with Crippen LogP contribution in [0.2, 0.25) is 10.0 Å². The predicted octanol–water partition coefficient (Wildman–Crippen LogP) is 8.41. The molecule has 0 fully saturated rings. The Kier molecular flexibility index (Phi) is 7.14. The smallest absolute Gasteiger partial charge is 0.134 e. The Bertz CT molecular complexity index is 1230. The van der Waals surface area contributed by atoms with Gasteiger partial charge in [-0.2, -0.15) is 5.26 Å². The number of benzene rings is 2. The molecule has 4 rings (SSSR count). The minimum absolute atomic E-state index is 0.266. The molecule has 0 saturated heterocycles. The number of nitrogens with zero attached hydrogens (tertiary/aromatic N) is 2. The van der Waals surface area contributed by atoms with E-state index < -0.39 is 0 Å². The highest BCUT2D eigenvalue weighted by molar-refractivity contribution is 7.16. The normalized spacial score (nSPS) is 15.9. The first-order chi connectivity index (χ1) is 15.8. The van der Waals surface area contributed by atoms with Crippen LogP contribution in [0.4, 0.5) is 5.00 Å². The maximum Gasteiger partial charge on any atom is 0.134 e. The van der Waals surface area contributed by atoms with Crippen LogP contribution in [0.5, 0.6) is 5.75 Å². The molecule has 0 radical (unpaired) electrons. The minimum Gasteiger partial charge on any atom is -0.488 e. The van der Waals surface area contributed by atoms with Crippen LogP contribution in [0.3, 0.4) is 0 Å². The van der Waals surface area contributed by atoms with Gasteiger partial charge in [0.05, 0.1) is 15.6 Å². The molecule has 0 aliphatic heterocycles. The number of thiophene rings is 1. The summed E-state index contributed by atoms with van der Waals surface area (Å²) in [6.45, 7) is 7.27. The van der Waals surface area contributed by atoms with Crippen molar-refractivity contribution < 1.29 is 4.74 Å². The summed E-state index contributed by atoms with van der Waals surface area (Å²) in [5.41, 5.74) is 3.98. The molecule has 0 amide bonds. The minimum atomic E-state index is 0.266. The first-order valence-electron chi connectivity index (χ1n) is 11.0. The van der Waals surface area contributed by atoms with Gasteiger partial charge in [0.15, 0.2) is 0 Å². The molecule has 2 aromatic carbocycles. The fourth-order valence-electron chi connectivity index (χ4n) is 4.15. The molecule has 3 aromatic rings. The van der Waals surface area contributed by atoms with E-state index in [0.717, 1.165) is 46.7 Å². The van der Waals surface area contributed by atoms with E-state index in [-0.39, 0.29) is 5.41 Å². The number of halogens is 2. The molecule has 0 unspecified atom stereocenters. The van der Waals surface area contributed by atoms with Crippen LogP contribution >= 0.6 is 34.5 Å². The van der Waals surface area contributed by atoms with Gasteiger partial charge in [0, 0.05) is 16.7 Å². The quantitative estimate of drug-likeness (QED) is 0.332. The first kappa shape index (κ1) is 23.8. The summed E-state index contributed by atoms with van der Waals surface area (Å²) >= 11 is 13.8. The molecule has 1 aliphatic rings. The van der Waals surface area contributed by atoms with Gasteiger partial charge in [0.1, 0.15) is 23.4 Å². The van der Waals surface area contributed by atoms with Crippen LogP contribution in [-0.4, -0.2) is 6.21 Å². The highest BCUT2D eigenvalue weighted by Gasteiger charge is 2.32. The number of nitriles is 1. The SMILES string of the molecule is CC(C)(C)[C@@H]1CCc2c(sc(N=Cc3ccccc3OCc3ccc(Cl)c(Cl)c3)c2C#N)C1. The Balaban J connectivity index is 1.55. The van der Waals surface area contributed by atoms with Crippen LogP contribution in [0.25, 0.3) is 0 Å². The number of hydrogen-bond acceptors (Lipinski definition) is 4. The highest BCUT2D eigenvalue weighted by atomic mass is 35.5. The van der Waals surface area contributed by atoms with Crippen molar-refractivity contribution in [1.29, 1.82) is 5.26 Å². The molecule has 0 N–H and O–H groups in total. The third-order valence-corrected chi connectivity index (χ3v) is 8.10. The van der Waals surface area contributed by atoms with Crippen LogP contribution < -0.4 is 4.74 Å². The Morgan fingerprint density at radius 3 is 2.70 bits per heavy atom. The topological polar surface area (TPSA) is 45.4 Å². The van der Waals surface area contributed by atoms with Crippen molar-refractivity contribution in [1.82, 2.24) is 0 Å². The summed E-state index contributed by atoms with van der Waals surface area (Å²) in [4.78, 5) is 6.05. The lowest BCUT2D eigenvalue weighted by Gasteiger charge is -2.33. The van der Waals surface area contributed by atoms with Crippen molar-refractivity contribution in [2.45, 2.75) is 46.6 Å². The summed E-state index contributed by atoms with van der Waals surface area (Å²) in [5, 5.41) is 11.6. The van der Waals surface area contributed by atoms with Crippen molar-refractivity contribution in [3.63, 3.8) is 0 Å². The number of para-hydroxylation sites is 1. The van der Waals surface area contributed by atoms with Crippen LogP contribution in [-0.2, 0) is 19.4 Å². The average molecular weight is 497 g/mol. The average Bonchev–Trinajstić information content (AvgIpc) is 3.15. The molecular weight excluding hydrogens is 471 g/mol. The second-order valence-corrected chi connectivity index (χ2v) is 11.3. The van der Waals surface area contributed by atoms with Gasteiger partial charge in [-0.25, -0.2) is 4.99 Å². The van der Waals surface area contributed by atoms with E-state index in [1.165, 1.54) is 10.4 Å². The Labute approximate surface area is 209 Å². The van der Waals surface area contributed by atoms with Gasteiger partial charge in [-0.1, -0.05) is 62.2 Å². The van der Waals surface area contributed by atoms with Crippen molar-refractivity contribution in [2.24, 2.45) is 16.3 Å². The maximum absolute atomic E-state index is 9.83. The van der Waals surface area contributed by atoms with Crippen molar-refractivity contribution in [2.75, 3.05) is 0 Å². The number of hydrogen-bond donors (Lipinski definition) is 0. The molecule has 1 aliphatic carbocycles. The summed E-state index contributed by atoms with van der Waals surface area (Å²) in [5.74, 6) is 1.35. The van der Waals surface area contributed by atoms with E-state index in [4.69, 9.17) is 32.9 Å².